The zero-order valence-corrected chi connectivity index (χ0v) is 15.8. The Morgan fingerprint density at radius 1 is 0.933 bits per heavy atom. The summed E-state index contributed by atoms with van der Waals surface area (Å²) >= 11 is 0. The van der Waals surface area contributed by atoms with Gasteiger partial charge in [0.05, 0.1) is 4.92 Å². The Labute approximate surface area is 171 Å². The third-order valence-corrected chi connectivity index (χ3v) is 4.34. The van der Waals surface area contributed by atoms with E-state index in [1.807, 2.05) is 0 Å². The number of nitrogens with zero attached hydrogens (tertiary/aromatic N) is 2. The van der Waals surface area contributed by atoms with Gasteiger partial charge in [-0.3, -0.25) is 19.7 Å². The minimum absolute atomic E-state index is 0.0947. The number of benzene rings is 3. The van der Waals surface area contributed by atoms with Crippen LogP contribution in [0, 0.1) is 15.9 Å². The molecule has 0 bridgehead atoms. The van der Waals surface area contributed by atoms with Crippen LogP contribution in [0.4, 0.5) is 15.8 Å². The lowest BCUT2D eigenvalue weighted by Crippen LogP contribution is -2.38. The number of non-ortho nitro benzene ring substituents is 1. The summed E-state index contributed by atoms with van der Waals surface area (Å²) in [5, 5.41) is 13.5. The molecular formula is C22H18FN3O4. The van der Waals surface area contributed by atoms with E-state index in [1.54, 1.807) is 30.3 Å². The number of hydrogen-bond donors (Lipinski definition) is 1. The van der Waals surface area contributed by atoms with Crippen molar-refractivity contribution in [3.63, 3.8) is 0 Å². The number of rotatable bonds is 7. The molecule has 3 aromatic carbocycles. The Bertz CT molecular complexity index is 1060. The van der Waals surface area contributed by atoms with E-state index in [0.717, 1.165) is 0 Å². The van der Waals surface area contributed by atoms with E-state index in [2.05, 4.69) is 5.32 Å². The zero-order chi connectivity index (χ0) is 21.5. The van der Waals surface area contributed by atoms with Crippen molar-refractivity contribution in [1.82, 2.24) is 5.32 Å². The number of hydrogen-bond acceptors (Lipinski definition) is 4. The molecule has 0 aromatic heterocycles. The van der Waals surface area contributed by atoms with Gasteiger partial charge in [-0.2, -0.15) is 0 Å². The Morgan fingerprint density at radius 3 is 2.27 bits per heavy atom. The molecule has 0 aliphatic carbocycles. The predicted molar refractivity (Wildman–Crippen MR) is 110 cm³/mol. The molecule has 0 aliphatic heterocycles. The first-order chi connectivity index (χ1) is 14.5. The Hall–Kier alpha value is -4.07. The summed E-state index contributed by atoms with van der Waals surface area (Å²) in [6.45, 7) is 0.220. The van der Waals surface area contributed by atoms with Gasteiger partial charge >= 0.3 is 0 Å². The van der Waals surface area contributed by atoms with E-state index in [1.165, 1.54) is 53.4 Å². The topological polar surface area (TPSA) is 92.6 Å². The number of nitro benzene ring substituents is 1. The highest BCUT2D eigenvalue weighted by molar-refractivity contribution is 6.06. The molecule has 0 spiro atoms. The number of nitro groups is 1. The average molecular weight is 407 g/mol. The van der Waals surface area contributed by atoms with Gasteiger partial charge in [-0.25, -0.2) is 4.39 Å². The minimum Gasteiger partial charge on any atom is -0.350 e. The van der Waals surface area contributed by atoms with Gasteiger partial charge in [0.15, 0.2) is 0 Å². The molecule has 152 valence electrons. The van der Waals surface area contributed by atoms with Crippen molar-refractivity contribution in [3.8, 4) is 0 Å². The molecular weight excluding hydrogens is 389 g/mol. The summed E-state index contributed by atoms with van der Waals surface area (Å²) in [7, 11) is 0. The van der Waals surface area contributed by atoms with Gasteiger partial charge in [-0.05, 0) is 42.5 Å². The molecule has 3 rings (SSSR count). The third-order valence-electron chi connectivity index (χ3n) is 4.34. The molecule has 0 saturated carbocycles. The van der Waals surface area contributed by atoms with E-state index in [9.17, 15) is 24.1 Å². The maximum atomic E-state index is 13.3. The molecule has 3 aromatic rings. The monoisotopic (exact) mass is 407 g/mol. The van der Waals surface area contributed by atoms with Crippen LogP contribution in [0.3, 0.4) is 0 Å². The largest absolute Gasteiger partial charge is 0.350 e. The van der Waals surface area contributed by atoms with Crippen molar-refractivity contribution in [2.24, 2.45) is 0 Å². The van der Waals surface area contributed by atoms with Gasteiger partial charge in [-0.15, -0.1) is 0 Å². The second kappa shape index (κ2) is 9.42. The Morgan fingerprint density at radius 2 is 1.60 bits per heavy atom. The summed E-state index contributed by atoms with van der Waals surface area (Å²) in [5.74, 6) is -1.22. The lowest BCUT2D eigenvalue weighted by Gasteiger charge is -2.23. The van der Waals surface area contributed by atoms with Crippen molar-refractivity contribution in [2.75, 3.05) is 18.0 Å². The molecule has 0 atom stereocenters. The van der Waals surface area contributed by atoms with Crippen LogP contribution in [-0.2, 0) is 0 Å². The van der Waals surface area contributed by atoms with Gasteiger partial charge < -0.3 is 10.2 Å². The molecule has 0 unspecified atom stereocenters. The standard InChI is InChI=1S/C22H18FN3O4/c23-18-9-11-19(12-10-18)25(22(28)16-5-2-1-3-6-16)14-13-24-21(27)17-7-4-8-20(15-17)26(29)30/h1-12,15H,13-14H2,(H,24,27). The van der Waals surface area contributed by atoms with Gasteiger partial charge in [0.2, 0.25) is 0 Å². The Kier molecular flexibility index (Phi) is 6.49. The summed E-state index contributed by atoms with van der Waals surface area (Å²) in [6, 6.07) is 19.4. The van der Waals surface area contributed by atoms with E-state index < -0.39 is 16.6 Å². The van der Waals surface area contributed by atoms with Crippen LogP contribution in [0.1, 0.15) is 20.7 Å². The van der Waals surface area contributed by atoms with Crippen LogP contribution in [0.5, 0.6) is 0 Å². The average Bonchev–Trinajstić information content (AvgIpc) is 2.77. The van der Waals surface area contributed by atoms with Crippen molar-refractivity contribution >= 4 is 23.2 Å². The van der Waals surface area contributed by atoms with E-state index in [-0.39, 0.29) is 30.2 Å². The summed E-state index contributed by atoms with van der Waals surface area (Å²) in [6.07, 6.45) is 0. The SMILES string of the molecule is O=C(NCCN(C(=O)c1ccccc1)c1ccc(F)cc1)c1cccc([N+](=O)[O-])c1. The smallest absolute Gasteiger partial charge is 0.270 e. The van der Waals surface area contributed by atoms with E-state index >= 15 is 0 Å². The fourth-order valence-electron chi connectivity index (χ4n) is 2.85. The number of anilines is 1. The maximum Gasteiger partial charge on any atom is 0.270 e. The lowest BCUT2D eigenvalue weighted by atomic mass is 10.1. The summed E-state index contributed by atoms with van der Waals surface area (Å²) < 4.78 is 13.3. The molecule has 0 aliphatic rings. The van der Waals surface area contributed by atoms with Crippen LogP contribution in [-0.4, -0.2) is 29.8 Å². The van der Waals surface area contributed by atoms with Gasteiger partial charge in [0.25, 0.3) is 17.5 Å². The van der Waals surface area contributed by atoms with Crippen molar-refractivity contribution in [2.45, 2.75) is 0 Å². The third kappa shape index (κ3) is 5.05. The summed E-state index contributed by atoms with van der Waals surface area (Å²) in [5.41, 5.74) is 0.892. The van der Waals surface area contributed by atoms with E-state index in [4.69, 9.17) is 0 Å². The molecule has 2 amide bonds. The molecule has 8 heteroatoms. The molecule has 30 heavy (non-hydrogen) atoms. The number of carbonyl (C=O) groups excluding carboxylic acids is 2. The normalized spacial score (nSPS) is 10.3. The molecule has 7 nitrogen and oxygen atoms in total. The van der Waals surface area contributed by atoms with Crippen molar-refractivity contribution < 1.29 is 18.9 Å². The number of nitrogens with one attached hydrogen (secondary N) is 1. The first-order valence-corrected chi connectivity index (χ1v) is 9.11. The second-order valence-corrected chi connectivity index (χ2v) is 6.36. The van der Waals surface area contributed by atoms with Crippen LogP contribution in [0.25, 0.3) is 0 Å². The first kappa shape index (κ1) is 20.7. The minimum atomic E-state index is -0.578. The first-order valence-electron chi connectivity index (χ1n) is 9.11. The quantitative estimate of drug-likeness (QED) is 0.476. The summed E-state index contributed by atoms with van der Waals surface area (Å²) in [4.78, 5) is 37.0. The zero-order valence-electron chi connectivity index (χ0n) is 15.8. The lowest BCUT2D eigenvalue weighted by molar-refractivity contribution is -0.384. The highest BCUT2D eigenvalue weighted by atomic mass is 19.1. The van der Waals surface area contributed by atoms with E-state index in [0.29, 0.717) is 11.3 Å². The van der Waals surface area contributed by atoms with Crippen LogP contribution < -0.4 is 10.2 Å². The highest BCUT2D eigenvalue weighted by Gasteiger charge is 2.18. The van der Waals surface area contributed by atoms with Crippen LogP contribution >= 0.6 is 0 Å². The Balaban J connectivity index is 1.73. The molecule has 0 heterocycles. The van der Waals surface area contributed by atoms with Gasteiger partial charge in [-0.1, -0.05) is 24.3 Å². The van der Waals surface area contributed by atoms with Gasteiger partial charge in [0.1, 0.15) is 5.82 Å². The highest BCUT2D eigenvalue weighted by Crippen LogP contribution is 2.18. The van der Waals surface area contributed by atoms with Crippen LogP contribution in [0.2, 0.25) is 0 Å². The number of carbonyl (C=O) groups is 2. The van der Waals surface area contributed by atoms with Crippen molar-refractivity contribution in [3.05, 3.63) is 106 Å². The number of amides is 2. The molecule has 0 fully saturated rings. The number of halogens is 1. The predicted octanol–water partition coefficient (Wildman–Crippen LogP) is 3.81. The second-order valence-electron chi connectivity index (χ2n) is 6.36. The molecule has 0 radical (unpaired) electrons. The maximum absolute atomic E-state index is 13.3. The van der Waals surface area contributed by atoms with Gasteiger partial charge in [0, 0.05) is 42.0 Å². The molecule has 0 saturated heterocycles. The van der Waals surface area contributed by atoms with Crippen molar-refractivity contribution in [1.29, 1.82) is 0 Å². The molecule has 1 N–H and O–H groups in total. The van der Waals surface area contributed by atoms with Crippen LogP contribution in [0.15, 0.2) is 78.9 Å². The fourth-order valence-corrected chi connectivity index (χ4v) is 2.85. The fraction of sp³-hybridized carbons (Fsp3) is 0.0909.